The Kier molecular flexibility index (Phi) is 5.41. The summed E-state index contributed by atoms with van der Waals surface area (Å²) in [7, 11) is 0. The van der Waals surface area contributed by atoms with Crippen molar-refractivity contribution in [3.63, 3.8) is 0 Å². The van der Waals surface area contributed by atoms with Crippen molar-refractivity contribution in [3.8, 4) is 0 Å². The molecule has 4 unspecified atom stereocenters. The Morgan fingerprint density at radius 2 is 1.96 bits per heavy atom. The normalized spacial score (nSPS) is 32.0. The summed E-state index contributed by atoms with van der Waals surface area (Å²) in [6.07, 6.45) is 10.1. The van der Waals surface area contributed by atoms with Crippen LogP contribution in [0.3, 0.4) is 0 Å². The highest BCUT2D eigenvalue weighted by atomic mass is 16.5. The lowest BCUT2D eigenvalue weighted by Gasteiger charge is -2.47. The maximum atomic E-state index is 13.1. The van der Waals surface area contributed by atoms with Crippen LogP contribution in [-0.2, 0) is 9.53 Å². The Labute approximate surface area is 163 Å². The summed E-state index contributed by atoms with van der Waals surface area (Å²) >= 11 is 0. The minimum atomic E-state index is -0.0992. The van der Waals surface area contributed by atoms with Crippen molar-refractivity contribution in [3.05, 3.63) is 42.0 Å². The molecule has 3 aliphatic rings. The maximum Gasteiger partial charge on any atom is 0.313 e. The molecular formula is C24H33NO2. The van der Waals surface area contributed by atoms with Gasteiger partial charge in [-0.05, 0) is 68.5 Å². The first-order valence-electron chi connectivity index (χ1n) is 10.9. The number of carbonyl (C=O) groups is 1. The van der Waals surface area contributed by atoms with Gasteiger partial charge in [-0.25, -0.2) is 0 Å². The van der Waals surface area contributed by atoms with Gasteiger partial charge in [0.2, 0.25) is 0 Å². The Morgan fingerprint density at radius 3 is 2.67 bits per heavy atom. The minimum Gasteiger partial charge on any atom is -0.461 e. The maximum absolute atomic E-state index is 13.1. The number of fused-ring (bicyclic) bond motifs is 2. The molecule has 2 saturated heterocycles. The number of esters is 1. The quantitative estimate of drug-likeness (QED) is 0.681. The second-order valence-corrected chi connectivity index (χ2v) is 8.55. The molecule has 4 rings (SSSR count). The van der Waals surface area contributed by atoms with Gasteiger partial charge in [0.15, 0.2) is 0 Å². The van der Waals surface area contributed by atoms with Gasteiger partial charge in [-0.3, -0.25) is 9.69 Å². The summed E-state index contributed by atoms with van der Waals surface area (Å²) in [6.45, 7) is 6.72. The minimum absolute atomic E-state index is 0.00380. The number of piperidine rings is 1. The summed E-state index contributed by atoms with van der Waals surface area (Å²) in [5.41, 5.74) is 2.69. The zero-order chi connectivity index (χ0) is 18.9. The van der Waals surface area contributed by atoms with Crippen LogP contribution in [0.1, 0.15) is 64.4 Å². The van der Waals surface area contributed by atoms with Crippen molar-refractivity contribution in [2.75, 3.05) is 13.1 Å². The van der Waals surface area contributed by atoms with Crippen LogP contribution in [0.4, 0.5) is 0 Å². The standard InChI is InChI=1S/C24H33NO2/c1-3-24(4-2)19-14-15-25(24)17-20(16-19)27-23(26)22-13-9-8-12-21(22)18-10-6-5-7-11-18/h5-7,10-12,19-20,22H,3-4,8-9,13-17H2,1-2H3. The highest BCUT2D eigenvalue weighted by molar-refractivity contribution is 5.89. The number of hydrogen-bond acceptors (Lipinski definition) is 3. The molecule has 1 aliphatic carbocycles. The van der Waals surface area contributed by atoms with Gasteiger partial charge in [0.25, 0.3) is 0 Å². The van der Waals surface area contributed by atoms with Gasteiger partial charge in [0, 0.05) is 12.1 Å². The summed E-state index contributed by atoms with van der Waals surface area (Å²) in [5.74, 6) is 0.572. The summed E-state index contributed by atoms with van der Waals surface area (Å²) in [4.78, 5) is 15.7. The van der Waals surface area contributed by atoms with E-state index in [0.717, 1.165) is 32.2 Å². The van der Waals surface area contributed by atoms with Gasteiger partial charge in [-0.15, -0.1) is 0 Å². The van der Waals surface area contributed by atoms with Crippen LogP contribution in [0.15, 0.2) is 36.4 Å². The third kappa shape index (κ3) is 3.35. The average Bonchev–Trinajstić information content (AvgIpc) is 2.90. The number of ether oxygens (including phenoxy) is 1. The second kappa shape index (κ2) is 7.79. The molecule has 1 aromatic rings. The lowest BCUT2D eigenvalue weighted by Crippen LogP contribution is -2.55. The van der Waals surface area contributed by atoms with Crippen molar-refractivity contribution < 1.29 is 9.53 Å². The fraction of sp³-hybridized carbons (Fsp3) is 0.625. The Hall–Kier alpha value is -1.61. The van der Waals surface area contributed by atoms with Crippen LogP contribution >= 0.6 is 0 Å². The summed E-state index contributed by atoms with van der Waals surface area (Å²) in [5, 5.41) is 0. The zero-order valence-electron chi connectivity index (χ0n) is 16.8. The van der Waals surface area contributed by atoms with E-state index in [2.05, 4.69) is 37.0 Å². The van der Waals surface area contributed by atoms with Crippen LogP contribution in [-0.4, -0.2) is 35.6 Å². The summed E-state index contributed by atoms with van der Waals surface area (Å²) < 4.78 is 6.12. The molecular weight excluding hydrogens is 334 g/mol. The van der Waals surface area contributed by atoms with Crippen molar-refractivity contribution in [2.24, 2.45) is 11.8 Å². The van der Waals surface area contributed by atoms with Crippen molar-refractivity contribution >= 4 is 11.5 Å². The predicted octanol–water partition coefficient (Wildman–Crippen LogP) is 5.07. The topological polar surface area (TPSA) is 29.5 Å². The van der Waals surface area contributed by atoms with Crippen molar-refractivity contribution in [2.45, 2.75) is 70.4 Å². The van der Waals surface area contributed by atoms with Crippen molar-refractivity contribution in [1.29, 1.82) is 0 Å². The van der Waals surface area contributed by atoms with E-state index in [1.54, 1.807) is 0 Å². The number of allylic oxidation sites excluding steroid dienone is 1. The van der Waals surface area contributed by atoms with E-state index in [-0.39, 0.29) is 18.0 Å². The predicted molar refractivity (Wildman–Crippen MR) is 109 cm³/mol. The smallest absolute Gasteiger partial charge is 0.313 e. The largest absolute Gasteiger partial charge is 0.461 e. The molecule has 2 aliphatic heterocycles. The van der Waals surface area contributed by atoms with E-state index in [1.807, 2.05) is 18.2 Å². The van der Waals surface area contributed by atoms with Gasteiger partial charge in [-0.2, -0.15) is 0 Å². The van der Waals surface area contributed by atoms with Gasteiger partial charge in [-0.1, -0.05) is 50.3 Å². The third-order valence-electron chi connectivity index (χ3n) is 7.44. The van der Waals surface area contributed by atoms with Crippen LogP contribution in [0.5, 0.6) is 0 Å². The van der Waals surface area contributed by atoms with E-state index >= 15 is 0 Å². The zero-order valence-corrected chi connectivity index (χ0v) is 16.8. The lowest BCUT2D eigenvalue weighted by molar-refractivity contribution is -0.158. The molecule has 4 atom stereocenters. The third-order valence-corrected chi connectivity index (χ3v) is 7.44. The molecule has 2 heterocycles. The molecule has 0 amide bonds. The van der Waals surface area contributed by atoms with Gasteiger partial charge >= 0.3 is 5.97 Å². The van der Waals surface area contributed by atoms with E-state index in [9.17, 15) is 4.79 Å². The SMILES string of the molecule is CCC1(CC)C2CCN1CC(OC(=O)C1CCCC=C1c1ccccc1)C2. The van der Waals surface area contributed by atoms with Crippen LogP contribution in [0, 0.1) is 11.8 Å². The highest BCUT2D eigenvalue weighted by Crippen LogP contribution is 2.47. The first-order chi connectivity index (χ1) is 13.2. The molecule has 3 nitrogen and oxygen atoms in total. The molecule has 0 aromatic heterocycles. The van der Waals surface area contributed by atoms with Crippen LogP contribution < -0.4 is 0 Å². The van der Waals surface area contributed by atoms with Crippen LogP contribution in [0.25, 0.3) is 5.57 Å². The fourth-order valence-electron chi connectivity index (χ4n) is 5.99. The second-order valence-electron chi connectivity index (χ2n) is 8.55. The molecule has 2 bridgehead atoms. The number of nitrogens with zero attached hydrogens (tertiary/aromatic N) is 1. The Morgan fingerprint density at radius 1 is 1.19 bits per heavy atom. The highest BCUT2D eigenvalue weighted by Gasteiger charge is 2.51. The van der Waals surface area contributed by atoms with E-state index < -0.39 is 0 Å². The van der Waals surface area contributed by atoms with Gasteiger partial charge < -0.3 is 4.74 Å². The Bertz CT molecular complexity index is 676. The monoisotopic (exact) mass is 367 g/mol. The molecule has 0 N–H and O–H groups in total. The van der Waals surface area contributed by atoms with Crippen LogP contribution in [0.2, 0.25) is 0 Å². The average molecular weight is 368 g/mol. The number of carbonyl (C=O) groups excluding carboxylic acids is 1. The first-order valence-corrected chi connectivity index (χ1v) is 10.9. The molecule has 2 fully saturated rings. The molecule has 3 heteroatoms. The molecule has 1 aromatic carbocycles. The number of benzene rings is 1. The van der Waals surface area contributed by atoms with E-state index in [0.29, 0.717) is 11.5 Å². The molecule has 0 spiro atoms. The molecule has 27 heavy (non-hydrogen) atoms. The summed E-state index contributed by atoms with van der Waals surface area (Å²) in [6, 6.07) is 10.4. The van der Waals surface area contributed by atoms with Gasteiger partial charge in [0.05, 0.1) is 5.92 Å². The number of hydrogen-bond donors (Lipinski definition) is 0. The van der Waals surface area contributed by atoms with Crippen molar-refractivity contribution in [1.82, 2.24) is 4.90 Å². The Balaban J connectivity index is 1.45. The van der Waals surface area contributed by atoms with E-state index in [1.165, 1.54) is 36.9 Å². The number of rotatable bonds is 5. The lowest BCUT2D eigenvalue weighted by atomic mass is 9.74. The molecule has 0 radical (unpaired) electrons. The van der Waals surface area contributed by atoms with Gasteiger partial charge in [0.1, 0.15) is 6.10 Å². The molecule has 0 saturated carbocycles. The fourth-order valence-corrected chi connectivity index (χ4v) is 5.99. The first kappa shape index (κ1) is 18.7. The molecule has 146 valence electrons. The van der Waals surface area contributed by atoms with E-state index in [4.69, 9.17) is 4.74 Å².